The average molecular weight is 184 g/mol. The molecule has 1 aromatic rings. The zero-order chi connectivity index (χ0) is 8.97. The van der Waals surface area contributed by atoms with Gasteiger partial charge in [-0.15, -0.1) is 0 Å². The van der Waals surface area contributed by atoms with Gasteiger partial charge < -0.3 is 5.73 Å². The first kappa shape index (κ1) is 9.00. The molecule has 1 heterocycles. The standard InChI is InChI=1S/C8H8ClN2O/c9-7-3-1-6(5-11-7)2-4-8(10)12/h1-3,5H,4H2,(H2,10,12). The molecule has 0 aliphatic heterocycles. The van der Waals surface area contributed by atoms with Crippen molar-refractivity contribution in [2.24, 2.45) is 5.73 Å². The Hall–Kier alpha value is -1.09. The van der Waals surface area contributed by atoms with Gasteiger partial charge in [0.25, 0.3) is 0 Å². The molecule has 1 rings (SSSR count). The summed E-state index contributed by atoms with van der Waals surface area (Å²) in [4.78, 5) is 14.2. The maximum absolute atomic E-state index is 10.4. The summed E-state index contributed by atoms with van der Waals surface area (Å²) in [5.41, 5.74) is 5.80. The number of carbonyl (C=O) groups is 1. The van der Waals surface area contributed by atoms with Crippen molar-refractivity contribution in [3.05, 3.63) is 35.5 Å². The highest BCUT2D eigenvalue weighted by Gasteiger charge is 1.97. The summed E-state index contributed by atoms with van der Waals surface area (Å²) in [6, 6.07) is 3.44. The molecule has 0 aliphatic rings. The third-order valence-electron chi connectivity index (χ3n) is 1.29. The minimum Gasteiger partial charge on any atom is -0.370 e. The van der Waals surface area contributed by atoms with E-state index in [4.69, 9.17) is 17.3 Å². The smallest absolute Gasteiger partial charge is 0.218 e. The molecule has 0 bridgehead atoms. The van der Waals surface area contributed by atoms with Crippen LogP contribution in [0.4, 0.5) is 0 Å². The number of hydrogen-bond donors (Lipinski definition) is 1. The van der Waals surface area contributed by atoms with Gasteiger partial charge in [-0.1, -0.05) is 17.7 Å². The second kappa shape index (κ2) is 4.07. The van der Waals surface area contributed by atoms with Crippen LogP contribution in [0.25, 0.3) is 0 Å². The monoisotopic (exact) mass is 183 g/mol. The van der Waals surface area contributed by atoms with Gasteiger partial charge in [-0.2, -0.15) is 0 Å². The Morgan fingerprint density at radius 3 is 2.92 bits per heavy atom. The van der Waals surface area contributed by atoms with Crippen molar-refractivity contribution < 1.29 is 4.79 Å². The van der Waals surface area contributed by atoms with Crippen molar-refractivity contribution in [2.75, 3.05) is 0 Å². The van der Waals surface area contributed by atoms with E-state index in [2.05, 4.69) is 4.98 Å². The summed E-state index contributed by atoms with van der Waals surface area (Å²) in [7, 11) is 0. The van der Waals surface area contributed by atoms with Gasteiger partial charge in [-0.3, -0.25) is 4.79 Å². The van der Waals surface area contributed by atoms with E-state index >= 15 is 0 Å². The van der Waals surface area contributed by atoms with E-state index in [0.29, 0.717) is 5.15 Å². The van der Waals surface area contributed by atoms with Gasteiger partial charge in [-0.05, 0) is 11.6 Å². The molecule has 0 aliphatic carbocycles. The third kappa shape index (κ3) is 2.88. The van der Waals surface area contributed by atoms with Crippen LogP contribution in [-0.4, -0.2) is 10.9 Å². The molecular weight excluding hydrogens is 176 g/mol. The van der Waals surface area contributed by atoms with Crippen molar-refractivity contribution in [3.63, 3.8) is 0 Å². The maximum atomic E-state index is 10.4. The van der Waals surface area contributed by atoms with Crippen molar-refractivity contribution in [1.82, 2.24) is 4.98 Å². The summed E-state index contributed by atoms with van der Waals surface area (Å²) < 4.78 is 0. The van der Waals surface area contributed by atoms with E-state index < -0.39 is 0 Å². The van der Waals surface area contributed by atoms with Gasteiger partial charge in [-0.25, -0.2) is 4.98 Å². The van der Waals surface area contributed by atoms with Crippen LogP contribution in [0.15, 0.2) is 18.3 Å². The summed E-state index contributed by atoms with van der Waals surface area (Å²) in [5.74, 6) is -0.357. The van der Waals surface area contributed by atoms with Crippen molar-refractivity contribution >= 4 is 17.5 Å². The van der Waals surface area contributed by atoms with Crippen molar-refractivity contribution in [3.8, 4) is 0 Å². The quantitative estimate of drug-likeness (QED) is 0.715. The molecule has 0 aromatic carbocycles. The van der Waals surface area contributed by atoms with Gasteiger partial charge in [0.15, 0.2) is 0 Å². The second-order valence-corrected chi connectivity index (χ2v) is 2.68. The Kier molecular flexibility index (Phi) is 3.05. The number of nitrogens with two attached hydrogens (primary N) is 1. The minimum atomic E-state index is -0.357. The van der Waals surface area contributed by atoms with Crippen LogP contribution in [0.2, 0.25) is 5.15 Å². The van der Waals surface area contributed by atoms with E-state index in [9.17, 15) is 4.79 Å². The summed E-state index contributed by atoms with van der Waals surface area (Å²) in [5, 5.41) is 0.436. The predicted octanol–water partition coefficient (Wildman–Crippen LogP) is 1.16. The van der Waals surface area contributed by atoms with Gasteiger partial charge in [0.1, 0.15) is 5.15 Å². The molecule has 12 heavy (non-hydrogen) atoms. The van der Waals surface area contributed by atoms with Crippen molar-refractivity contribution in [2.45, 2.75) is 6.42 Å². The topological polar surface area (TPSA) is 56.0 Å². The average Bonchev–Trinajstić information content (AvgIpc) is 2.03. The fourth-order valence-corrected chi connectivity index (χ4v) is 0.838. The molecule has 3 nitrogen and oxygen atoms in total. The van der Waals surface area contributed by atoms with Gasteiger partial charge in [0.2, 0.25) is 5.91 Å². The first-order valence-corrected chi connectivity index (χ1v) is 3.79. The van der Waals surface area contributed by atoms with Crippen LogP contribution in [0.1, 0.15) is 12.0 Å². The zero-order valence-electron chi connectivity index (χ0n) is 6.33. The third-order valence-corrected chi connectivity index (χ3v) is 1.51. The highest BCUT2D eigenvalue weighted by atomic mass is 35.5. The Balaban J connectivity index is 2.53. The largest absolute Gasteiger partial charge is 0.370 e. The summed E-state index contributed by atoms with van der Waals surface area (Å²) in [6.45, 7) is 0. The Bertz CT molecular complexity index is 271. The molecule has 0 fully saturated rings. The van der Waals surface area contributed by atoms with Crippen molar-refractivity contribution in [1.29, 1.82) is 0 Å². The summed E-state index contributed by atoms with van der Waals surface area (Å²) in [6.07, 6.45) is 3.51. The molecule has 0 saturated heterocycles. The SMILES string of the molecule is NC(=O)C[CH]c1ccc(Cl)nc1. The molecule has 1 amide bonds. The van der Waals surface area contributed by atoms with Gasteiger partial charge in [0.05, 0.1) is 0 Å². The molecule has 0 unspecified atom stereocenters. The number of nitrogens with zero attached hydrogens (tertiary/aromatic N) is 1. The normalized spacial score (nSPS) is 9.75. The lowest BCUT2D eigenvalue weighted by Crippen LogP contribution is -2.10. The highest BCUT2D eigenvalue weighted by molar-refractivity contribution is 6.29. The Morgan fingerprint density at radius 2 is 2.42 bits per heavy atom. The Labute approximate surface area is 75.6 Å². The van der Waals surface area contributed by atoms with E-state index in [-0.39, 0.29) is 12.3 Å². The molecule has 1 aromatic heterocycles. The molecule has 63 valence electrons. The lowest BCUT2D eigenvalue weighted by atomic mass is 10.1. The number of hydrogen-bond acceptors (Lipinski definition) is 2. The van der Waals surface area contributed by atoms with Crippen LogP contribution in [0.3, 0.4) is 0 Å². The zero-order valence-corrected chi connectivity index (χ0v) is 7.08. The van der Waals surface area contributed by atoms with Crippen LogP contribution >= 0.6 is 11.6 Å². The van der Waals surface area contributed by atoms with Crippen LogP contribution in [0.5, 0.6) is 0 Å². The van der Waals surface area contributed by atoms with Crippen LogP contribution < -0.4 is 5.73 Å². The number of carbonyl (C=O) groups excluding carboxylic acids is 1. The predicted molar refractivity (Wildman–Crippen MR) is 46.5 cm³/mol. The number of pyridine rings is 1. The van der Waals surface area contributed by atoms with E-state index in [0.717, 1.165) is 5.56 Å². The van der Waals surface area contributed by atoms with Crippen LogP contribution in [0, 0.1) is 6.42 Å². The number of rotatable bonds is 3. The second-order valence-electron chi connectivity index (χ2n) is 2.29. The maximum Gasteiger partial charge on any atom is 0.218 e. The molecule has 0 spiro atoms. The lowest BCUT2D eigenvalue weighted by molar-refractivity contribution is -0.117. The highest BCUT2D eigenvalue weighted by Crippen LogP contribution is 2.08. The molecular formula is C8H8ClN2O. The number of primary amides is 1. The number of amides is 1. The van der Waals surface area contributed by atoms with E-state index in [1.54, 1.807) is 24.8 Å². The lowest BCUT2D eigenvalue weighted by Gasteiger charge is -1.96. The van der Waals surface area contributed by atoms with Crippen LogP contribution in [-0.2, 0) is 4.79 Å². The fraction of sp³-hybridized carbons (Fsp3) is 0.125. The number of halogens is 1. The number of aromatic nitrogens is 1. The summed E-state index contributed by atoms with van der Waals surface area (Å²) >= 11 is 5.56. The Morgan fingerprint density at radius 1 is 1.67 bits per heavy atom. The molecule has 2 N–H and O–H groups in total. The fourth-order valence-electron chi connectivity index (χ4n) is 0.726. The van der Waals surface area contributed by atoms with E-state index in [1.165, 1.54) is 0 Å². The first-order chi connectivity index (χ1) is 5.68. The minimum absolute atomic E-state index is 0.226. The molecule has 4 heteroatoms. The molecule has 0 atom stereocenters. The molecule has 0 saturated carbocycles. The van der Waals surface area contributed by atoms with Gasteiger partial charge in [0, 0.05) is 19.0 Å². The van der Waals surface area contributed by atoms with E-state index in [1.807, 2.05) is 0 Å². The van der Waals surface area contributed by atoms with Gasteiger partial charge >= 0.3 is 0 Å². The first-order valence-electron chi connectivity index (χ1n) is 3.41. The molecule has 1 radical (unpaired) electrons.